The fourth-order valence-electron chi connectivity index (χ4n) is 5.15. The van der Waals surface area contributed by atoms with E-state index in [1.807, 2.05) is 18.2 Å². The Balaban J connectivity index is 1.17. The number of benzene rings is 2. The number of nitrogens with zero attached hydrogens (tertiary/aromatic N) is 1. The zero-order valence-electron chi connectivity index (χ0n) is 21.1. The molecule has 1 saturated heterocycles. The topological polar surface area (TPSA) is 65.6 Å². The number of carbonyl (C=O) groups is 1. The van der Waals surface area contributed by atoms with E-state index >= 15 is 0 Å². The Labute approximate surface area is 209 Å². The number of urea groups is 1. The summed E-state index contributed by atoms with van der Waals surface area (Å²) in [5, 5.41) is 9.32. The number of hydrogen-bond donors (Lipinski definition) is 3. The number of rotatable bonds is 8. The average Bonchev–Trinajstić information content (AvgIpc) is 2.86. The van der Waals surface area contributed by atoms with Gasteiger partial charge in [-0.25, -0.2) is 4.79 Å². The molecule has 2 aromatic carbocycles. The van der Waals surface area contributed by atoms with Crippen LogP contribution in [0, 0.1) is 0 Å². The number of dihydropyridines is 1. The molecule has 0 radical (unpaired) electrons. The van der Waals surface area contributed by atoms with Gasteiger partial charge in [-0.1, -0.05) is 42.5 Å². The smallest absolute Gasteiger partial charge is 0.319 e. The van der Waals surface area contributed by atoms with Crippen LogP contribution >= 0.6 is 0 Å². The van der Waals surface area contributed by atoms with E-state index in [9.17, 15) is 4.79 Å². The summed E-state index contributed by atoms with van der Waals surface area (Å²) in [4.78, 5) is 14.9. The van der Waals surface area contributed by atoms with Crippen molar-refractivity contribution in [2.75, 3.05) is 38.6 Å². The molecule has 0 aromatic heterocycles. The van der Waals surface area contributed by atoms with Crippen molar-refractivity contribution >= 4 is 11.7 Å². The second kappa shape index (κ2) is 11.9. The molecule has 186 valence electrons. The van der Waals surface area contributed by atoms with Crippen LogP contribution in [0.4, 0.5) is 10.5 Å². The number of amides is 2. The molecular weight excluding hydrogens is 436 g/mol. The van der Waals surface area contributed by atoms with E-state index in [1.54, 1.807) is 7.11 Å². The Kier molecular flexibility index (Phi) is 8.48. The van der Waals surface area contributed by atoms with Gasteiger partial charge in [-0.15, -0.1) is 0 Å². The van der Waals surface area contributed by atoms with Crippen LogP contribution in [0.25, 0.3) is 0 Å². The van der Waals surface area contributed by atoms with Crippen LogP contribution in [0.15, 0.2) is 72.1 Å². The van der Waals surface area contributed by atoms with E-state index in [4.69, 9.17) is 4.74 Å². The molecule has 2 amide bonds. The fraction of sp³-hybridized carbons (Fsp3) is 0.414. The minimum absolute atomic E-state index is 0.152. The third-order valence-electron chi connectivity index (χ3n) is 6.89. The molecule has 6 nitrogen and oxygen atoms in total. The number of allylic oxidation sites excluding steroid dienone is 4. The zero-order chi connectivity index (χ0) is 24.6. The predicted molar refractivity (Wildman–Crippen MR) is 143 cm³/mol. The molecular formula is C29H38N4O2. The molecule has 0 atom stereocenters. The highest BCUT2D eigenvalue weighted by molar-refractivity contribution is 5.89. The number of anilines is 1. The SMILES string of the molecule is COc1ccccc1C1CCN(CCCNC(=O)Nc2cccc(C3C=C(C)NC(C)=C3)c2)CC1. The highest BCUT2D eigenvalue weighted by Gasteiger charge is 2.22. The van der Waals surface area contributed by atoms with Crippen LogP contribution in [-0.2, 0) is 0 Å². The lowest BCUT2D eigenvalue weighted by Crippen LogP contribution is -2.36. The molecule has 0 spiro atoms. The summed E-state index contributed by atoms with van der Waals surface area (Å²) in [6.45, 7) is 7.97. The second-order valence-electron chi connectivity index (χ2n) is 9.57. The van der Waals surface area contributed by atoms with E-state index < -0.39 is 0 Å². The summed E-state index contributed by atoms with van der Waals surface area (Å²) in [6, 6.07) is 16.3. The predicted octanol–water partition coefficient (Wildman–Crippen LogP) is 5.58. The number of likely N-dealkylation sites (tertiary alicyclic amines) is 1. The van der Waals surface area contributed by atoms with Gasteiger partial charge in [-0.3, -0.25) is 0 Å². The molecule has 2 heterocycles. The van der Waals surface area contributed by atoms with E-state index in [0.29, 0.717) is 12.5 Å². The van der Waals surface area contributed by atoms with Crippen molar-refractivity contribution in [3.05, 3.63) is 83.2 Å². The van der Waals surface area contributed by atoms with Crippen molar-refractivity contribution in [1.82, 2.24) is 15.5 Å². The quantitative estimate of drug-likeness (QED) is 0.437. The van der Waals surface area contributed by atoms with E-state index in [0.717, 1.165) is 61.7 Å². The number of methoxy groups -OCH3 is 1. The van der Waals surface area contributed by atoms with Crippen LogP contribution in [0.5, 0.6) is 5.75 Å². The van der Waals surface area contributed by atoms with E-state index in [1.165, 1.54) is 11.1 Å². The molecule has 0 unspecified atom stereocenters. The lowest BCUT2D eigenvalue weighted by atomic mass is 9.89. The standard InChI is InChI=1S/C29H38N4O2/c1-21-18-25(19-22(2)31-21)24-8-6-9-26(20-24)32-29(34)30-14-7-15-33-16-12-23(13-17-33)27-10-4-5-11-28(27)35-3/h4-6,8-11,18-20,23,25,31H,7,12-17H2,1-3H3,(H2,30,32,34). The minimum Gasteiger partial charge on any atom is -0.496 e. The lowest BCUT2D eigenvalue weighted by molar-refractivity contribution is 0.207. The molecule has 0 aliphatic carbocycles. The first kappa shape index (κ1) is 24.9. The maximum absolute atomic E-state index is 12.4. The summed E-state index contributed by atoms with van der Waals surface area (Å²) in [5.41, 5.74) is 5.60. The van der Waals surface area contributed by atoms with Gasteiger partial charge in [-0.2, -0.15) is 0 Å². The Hall–Kier alpha value is -3.25. The van der Waals surface area contributed by atoms with Gasteiger partial charge < -0.3 is 25.6 Å². The van der Waals surface area contributed by atoms with Gasteiger partial charge in [-0.05, 0) is 88.0 Å². The molecule has 2 aliphatic heterocycles. The first-order chi connectivity index (χ1) is 17.0. The highest BCUT2D eigenvalue weighted by Crippen LogP contribution is 2.34. The van der Waals surface area contributed by atoms with Crippen LogP contribution in [0.2, 0.25) is 0 Å². The van der Waals surface area contributed by atoms with Gasteiger partial charge in [0, 0.05) is 29.5 Å². The summed E-state index contributed by atoms with van der Waals surface area (Å²) >= 11 is 0. The largest absolute Gasteiger partial charge is 0.496 e. The summed E-state index contributed by atoms with van der Waals surface area (Å²) in [5.74, 6) is 1.78. The molecule has 0 bridgehead atoms. The molecule has 0 saturated carbocycles. The Morgan fingerprint density at radius 3 is 2.54 bits per heavy atom. The van der Waals surface area contributed by atoms with E-state index in [-0.39, 0.29) is 11.9 Å². The first-order valence-corrected chi connectivity index (χ1v) is 12.7. The molecule has 35 heavy (non-hydrogen) atoms. The summed E-state index contributed by atoms with van der Waals surface area (Å²) in [6.07, 6.45) is 7.63. The summed E-state index contributed by atoms with van der Waals surface area (Å²) < 4.78 is 5.55. The number of ether oxygens (including phenoxy) is 1. The number of carbonyl (C=O) groups excluding carboxylic acids is 1. The van der Waals surface area contributed by atoms with Crippen LogP contribution < -0.4 is 20.7 Å². The van der Waals surface area contributed by atoms with Crippen molar-refractivity contribution < 1.29 is 9.53 Å². The molecule has 2 aliphatic rings. The van der Waals surface area contributed by atoms with Crippen LogP contribution in [0.3, 0.4) is 0 Å². The highest BCUT2D eigenvalue weighted by atomic mass is 16.5. The number of para-hydroxylation sites is 1. The van der Waals surface area contributed by atoms with Crippen molar-refractivity contribution in [1.29, 1.82) is 0 Å². The van der Waals surface area contributed by atoms with Crippen LogP contribution in [0.1, 0.15) is 56.1 Å². The molecule has 2 aromatic rings. The van der Waals surface area contributed by atoms with Crippen molar-refractivity contribution in [3.63, 3.8) is 0 Å². The van der Waals surface area contributed by atoms with Crippen molar-refractivity contribution in [2.24, 2.45) is 0 Å². The molecule has 3 N–H and O–H groups in total. The average molecular weight is 475 g/mol. The van der Waals surface area contributed by atoms with Gasteiger partial charge >= 0.3 is 6.03 Å². The normalized spacial score (nSPS) is 17.2. The Bertz CT molecular complexity index is 1050. The minimum atomic E-state index is -0.152. The van der Waals surface area contributed by atoms with Gasteiger partial charge in [0.15, 0.2) is 0 Å². The maximum atomic E-state index is 12.4. The lowest BCUT2D eigenvalue weighted by Gasteiger charge is -2.32. The van der Waals surface area contributed by atoms with Crippen molar-refractivity contribution in [2.45, 2.75) is 44.9 Å². The van der Waals surface area contributed by atoms with Gasteiger partial charge in [0.05, 0.1) is 7.11 Å². The number of nitrogens with one attached hydrogen (secondary N) is 3. The summed E-state index contributed by atoms with van der Waals surface area (Å²) in [7, 11) is 1.75. The van der Waals surface area contributed by atoms with E-state index in [2.05, 4.69) is 77.2 Å². The van der Waals surface area contributed by atoms with Gasteiger partial charge in [0.1, 0.15) is 5.75 Å². The molecule has 4 rings (SSSR count). The van der Waals surface area contributed by atoms with Crippen LogP contribution in [-0.4, -0.2) is 44.2 Å². The van der Waals surface area contributed by atoms with Gasteiger partial charge in [0.25, 0.3) is 0 Å². The Morgan fingerprint density at radius 2 is 1.80 bits per heavy atom. The first-order valence-electron chi connectivity index (χ1n) is 12.7. The van der Waals surface area contributed by atoms with Crippen molar-refractivity contribution in [3.8, 4) is 5.75 Å². The Morgan fingerprint density at radius 1 is 1.06 bits per heavy atom. The monoisotopic (exact) mass is 474 g/mol. The zero-order valence-corrected chi connectivity index (χ0v) is 21.1. The number of hydrogen-bond acceptors (Lipinski definition) is 4. The number of piperidine rings is 1. The molecule has 6 heteroatoms. The van der Waals surface area contributed by atoms with Gasteiger partial charge in [0.2, 0.25) is 0 Å². The second-order valence-corrected chi connectivity index (χ2v) is 9.57. The maximum Gasteiger partial charge on any atom is 0.319 e. The fourth-order valence-corrected chi connectivity index (χ4v) is 5.15. The third kappa shape index (κ3) is 6.89. The third-order valence-corrected chi connectivity index (χ3v) is 6.89. The molecule has 1 fully saturated rings.